The average molecular weight is 355 g/mol. The van der Waals surface area contributed by atoms with Crippen LogP contribution in [0.2, 0.25) is 0 Å². The number of nitrogens with zero attached hydrogens (tertiary/aromatic N) is 1. The topological polar surface area (TPSA) is 24.5 Å². The first-order chi connectivity index (χ1) is 10.3. The van der Waals surface area contributed by atoms with Crippen LogP contribution in [0.15, 0.2) is 54.6 Å². The molecule has 2 aromatic rings. The number of hydrogen-bond donors (Lipinski definition) is 1. The van der Waals surface area contributed by atoms with Crippen molar-refractivity contribution in [2.45, 2.75) is 19.6 Å². The van der Waals surface area contributed by atoms with Gasteiger partial charge in [0.2, 0.25) is 0 Å². The normalized spacial score (nSPS) is 16.9. The molecule has 3 nitrogen and oxygen atoms in total. The molecule has 1 atom stereocenters. The van der Waals surface area contributed by atoms with Crippen molar-refractivity contribution in [3.8, 4) is 5.75 Å². The summed E-state index contributed by atoms with van der Waals surface area (Å²) in [5.41, 5.74) is 2.47. The van der Waals surface area contributed by atoms with Crippen molar-refractivity contribution in [1.82, 2.24) is 5.32 Å². The fourth-order valence-corrected chi connectivity index (χ4v) is 2.70. The Hall–Kier alpha value is -1.42. The van der Waals surface area contributed by atoms with E-state index in [1.807, 2.05) is 18.2 Å². The van der Waals surface area contributed by atoms with E-state index in [-0.39, 0.29) is 24.8 Å². The molecule has 0 spiro atoms. The zero-order chi connectivity index (χ0) is 14.5. The lowest BCUT2D eigenvalue weighted by Gasteiger charge is -2.35. The number of ether oxygens (including phenoxy) is 1. The van der Waals surface area contributed by atoms with Gasteiger partial charge in [0.15, 0.2) is 0 Å². The molecule has 3 rings (SSSR count). The van der Waals surface area contributed by atoms with E-state index in [0.29, 0.717) is 12.6 Å². The Labute approximate surface area is 150 Å². The third kappa shape index (κ3) is 5.31. The molecule has 0 aromatic heterocycles. The molecule has 1 N–H and O–H groups in total. The summed E-state index contributed by atoms with van der Waals surface area (Å²) >= 11 is 0. The lowest BCUT2D eigenvalue weighted by Crippen LogP contribution is -2.49. The molecular weight excluding hydrogens is 331 g/mol. The summed E-state index contributed by atoms with van der Waals surface area (Å²) in [7, 11) is 0. The van der Waals surface area contributed by atoms with Crippen molar-refractivity contribution in [3.63, 3.8) is 0 Å². The minimum Gasteiger partial charge on any atom is -0.489 e. The van der Waals surface area contributed by atoms with Gasteiger partial charge in [0, 0.05) is 31.4 Å². The Bertz CT molecular complexity index is 563. The van der Waals surface area contributed by atoms with Crippen LogP contribution in [0.25, 0.3) is 0 Å². The van der Waals surface area contributed by atoms with Crippen molar-refractivity contribution in [2.75, 3.05) is 24.5 Å². The molecule has 126 valence electrons. The molecular formula is C18H24Cl2N2O. The van der Waals surface area contributed by atoms with Crippen molar-refractivity contribution in [1.29, 1.82) is 0 Å². The summed E-state index contributed by atoms with van der Waals surface area (Å²) in [6.45, 7) is 6.03. The van der Waals surface area contributed by atoms with Gasteiger partial charge in [-0.25, -0.2) is 0 Å². The van der Waals surface area contributed by atoms with Crippen LogP contribution in [0.1, 0.15) is 12.5 Å². The highest BCUT2D eigenvalue weighted by Gasteiger charge is 2.17. The molecule has 1 saturated heterocycles. The van der Waals surface area contributed by atoms with Gasteiger partial charge < -0.3 is 15.0 Å². The molecule has 0 aliphatic carbocycles. The zero-order valence-electron chi connectivity index (χ0n) is 13.3. The van der Waals surface area contributed by atoms with E-state index in [4.69, 9.17) is 4.74 Å². The molecule has 1 heterocycles. The van der Waals surface area contributed by atoms with E-state index in [1.165, 1.54) is 11.3 Å². The second-order valence-corrected chi connectivity index (χ2v) is 5.51. The van der Waals surface area contributed by atoms with Gasteiger partial charge in [0.25, 0.3) is 0 Å². The van der Waals surface area contributed by atoms with Gasteiger partial charge in [-0.1, -0.05) is 30.3 Å². The average Bonchev–Trinajstić information content (AvgIpc) is 2.55. The van der Waals surface area contributed by atoms with Gasteiger partial charge >= 0.3 is 0 Å². The minimum absolute atomic E-state index is 0. The first-order valence-electron chi connectivity index (χ1n) is 7.57. The predicted octanol–water partition coefficient (Wildman–Crippen LogP) is 3.91. The number of benzene rings is 2. The standard InChI is InChI=1S/C18H22N2O.2ClH/c1-15-13-19-11-12-20(15)17-7-9-18(10-8-17)21-14-16-5-3-2-4-6-16;;/h2-10,15,19H,11-14H2,1H3;2*1H. The van der Waals surface area contributed by atoms with Crippen molar-refractivity contribution in [3.05, 3.63) is 60.2 Å². The lowest BCUT2D eigenvalue weighted by molar-refractivity contribution is 0.306. The van der Waals surface area contributed by atoms with Crippen LogP contribution in [0.3, 0.4) is 0 Å². The maximum atomic E-state index is 5.83. The highest BCUT2D eigenvalue weighted by molar-refractivity contribution is 5.85. The summed E-state index contributed by atoms with van der Waals surface area (Å²) < 4.78 is 5.83. The maximum absolute atomic E-state index is 5.83. The molecule has 1 unspecified atom stereocenters. The monoisotopic (exact) mass is 354 g/mol. The molecule has 0 amide bonds. The first kappa shape index (κ1) is 19.6. The maximum Gasteiger partial charge on any atom is 0.119 e. The summed E-state index contributed by atoms with van der Waals surface area (Å²) in [5, 5.41) is 3.42. The smallest absolute Gasteiger partial charge is 0.119 e. The molecule has 0 saturated carbocycles. The van der Waals surface area contributed by atoms with Crippen LogP contribution in [0, 0.1) is 0 Å². The summed E-state index contributed by atoms with van der Waals surface area (Å²) in [5.74, 6) is 0.922. The Morgan fingerprint density at radius 1 is 1.04 bits per heavy atom. The third-order valence-electron chi connectivity index (χ3n) is 3.92. The minimum atomic E-state index is 0. The van der Waals surface area contributed by atoms with Gasteiger partial charge in [-0.05, 0) is 36.8 Å². The molecule has 1 aliphatic rings. The lowest BCUT2D eigenvalue weighted by atomic mass is 10.2. The predicted molar refractivity (Wildman–Crippen MR) is 101 cm³/mol. The molecule has 5 heteroatoms. The fourth-order valence-electron chi connectivity index (χ4n) is 2.70. The molecule has 0 radical (unpaired) electrons. The number of hydrogen-bond acceptors (Lipinski definition) is 3. The molecule has 23 heavy (non-hydrogen) atoms. The van der Waals surface area contributed by atoms with Gasteiger partial charge in [-0.15, -0.1) is 24.8 Å². The van der Waals surface area contributed by atoms with Gasteiger partial charge in [0.1, 0.15) is 12.4 Å². The summed E-state index contributed by atoms with van der Waals surface area (Å²) in [6.07, 6.45) is 0. The van der Waals surface area contributed by atoms with Crippen LogP contribution in [0.4, 0.5) is 5.69 Å². The highest BCUT2D eigenvalue weighted by Crippen LogP contribution is 2.22. The zero-order valence-corrected chi connectivity index (χ0v) is 14.9. The Morgan fingerprint density at radius 3 is 2.39 bits per heavy atom. The third-order valence-corrected chi connectivity index (χ3v) is 3.92. The molecule has 1 fully saturated rings. The van der Waals surface area contributed by atoms with Crippen molar-refractivity contribution in [2.24, 2.45) is 0 Å². The van der Waals surface area contributed by atoms with Gasteiger partial charge in [0.05, 0.1) is 0 Å². The van der Waals surface area contributed by atoms with Crippen molar-refractivity contribution < 1.29 is 4.74 Å². The van der Waals surface area contributed by atoms with E-state index in [2.05, 4.69) is 53.5 Å². The van der Waals surface area contributed by atoms with E-state index in [1.54, 1.807) is 0 Å². The number of rotatable bonds is 4. The SMILES string of the molecule is CC1CNCCN1c1ccc(OCc2ccccc2)cc1.Cl.Cl. The van der Waals surface area contributed by atoms with Crippen LogP contribution in [0.5, 0.6) is 5.75 Å². The van der Waals surface area contributed by atoms with E-state index in [0.717, 1.165) is 25.4 Å². The quantitative estimate of drug-likeness (QED) is 0.900. The van der Waals surface area contributed by atoms with E-state index < -0.39 is 0 Å². The van der Waals surface area contributed by atoms with Crippen LogP contribution in [-0.2, 0) is 6.61 Å². The van der Waals surface area contributed by atoms with Crippen LogP contribution in [-0.4, -0.2) is 25.7 Å². The van der Waals surface area contributed by atoms with Crippen LogP contribution >= 0.6 is 24.8 Å². The van der Waals surface area contributed by atoms with Gasteiger partial charge in [-0.3, -0.25) is 0 Å². The van der Waals surface area contributed by atoms with Gasteiger partial charge in [-0.2, -0.15) is 0 Å². The molecule has 0 bridgehead atoms. The molecule has 2 aromatic carbocycles. The van der Waals surface area contributed by atoms with Crippen molar-refractivity contribution >= 4 is 30.5 Å². The molecule has 1 aliphatic heterocycles. The number of nitrogens with one attached hydrogen (secondary N) is 1. The summed E-state index contributed by atoms with van der Waals surface area (Å²) in [6, 6.07) is 19.2. The Morgan fingerprint density at radius 2 is 1.74 bits per heavy atom. The number of halogens is 2. The van der Waals surface area contributed by atoms with E-state index in [9.17, 15) is 0 Å². The summed E-state index contributed by atoms with van der Waals surface area (Å²) in [4.78, 5) is 2.44. The largest absolute Gasteiger partial charge is 0.489 e. The number of anilines is 1. The van der Waals surface area contributed by atoms with Crippen LogP contribution < -0.4 is 15.0 Å². The Kier molecular flexibility index (Phi) is 8.24. The van der Waals surface area contributed by atoms with E-state index >= 15 is 0 Å². The Balaban J connectivity index is 0.00000132. The highest BCUT2D eigenvalue weighted by atomic mass is 35.5. The second kappa shape index (κ2) is 9.66. The fraction of sp³-hybridized carbons (Fsp3) is 0.333. The first-order valence-corrected chi connectivity index (χ1v) is 7.57. The number of piperazine rings is 1. The second-order valence-electron chi connectivity index (χ2n) is 5.51.